The lowest BCUT2D eigenvalue weighted by molar-refractivity contribution is 0.618. The Morgan fingerprint density at radius 3 is 2.89 bits per heavy atom. The van der Waals surface area contributed by atoms with Crippen molar-refractivity contribution >= 4 is 43.4 Å². The number of aliphatic imine (C=N–C) groups is 1. The molecule has 0 radical (unpaired) electrons. The average molecular weight is 271 g/mol. The third kappa shape index (κ3) is 2.04. The number of fused-ring (bicyclic) bond motifs is 3. The van der Waals surface area contributed by atoms with Crippen LogP contribution in [0.3, 0.4) is 0 Å². The number of thiophene rings is 1. The fraction of sp³-hybridized carbons (Fsp3) is 0.231. The van der Waals surface area contributed by atoms with Crippen molar-refractivity contribution < 1.29 is 0 Å². The van der Waals surface area contributed by atoms with Gasteiger partial charge in [-0.25, -0.2) is 19.9 Å². The number of hydrogen-bond acceptors (Lipinski definition) is 5. The highest BCUT2D eigenvalue weighted by molar-refractivity contribution is 7.25. The molecule has 96 valence electrons. The van der Waals surface area contributed by atoms with E-state index in [0.29, 0.717) is 5.82 Å². The molecule has 0 saturated carbocycles. The van der Waals surface area contributed by atoms with Crippen molar-refractivity contribution in [1.29, 1.82) is 0 Å². The van der Waals surface area contributed by atoms with Gasteiger partial charge in [-0.2, -0.15) is 0 Å². The molecular weight excluding hydrogens is 258 g/mol. The zero-order chi connectivity index (χ0) is 13.4. The maximum Gasteiger partial charge on any atom is 0.175 e. The van der Waals surface area contributed by atoms with Crippen LogP contribution < -0.4 is 0 Å². The van der Waals surface area contributed by atoms with Crippen LogP contribution >= 0.6 is 11.3 Å². The van der Waals surface area contributed by atoms with Gasteiger partial charge >= 0.3 is 0 Å². The van der Waals surface area contributed by atoms with Crippen LogP contribution in [0.2, 0.25) is 0 Å². The van der Waals surface area contributed by atoms with E-state index in [1.54, 1.807) is 23.9 Å². The molecule has 0 spiro atoms. The maximum absolute atomic E-state index is 4.56. The van der Waals surface area contributed by atoms with Crippen LogP contribution in [0.4, 0.5) is 5.82 Å². The predicted molar refractivity (Wildman–Crippen MR) is 79.2 cm³/mol. The van der Waals surface area contributed by atoms with Crippen molar-refractivity contribution in [3.05, 3.63) is 24.7 Å². The van der Waals surface area contributed by atoms with Crippen molar-refractivity contribution in [2.75, 3.05) is 14.1 Å². The highest BCUT2D eigenvalue weighted by Crippen LogP contribution is 2.35. The first-order chi connectivity index (χ1) is 9.16. The highest BCUT2D eigenvalue weighted by atomic mass is 32.1. The van der Waals surface area contributed by atoms with Gasteiger partial charge in [0.05, 0.1) is 5.52 Å². The van der Waals surface area contributed by atoms with Crippen molar-refractivity contribution in [3.63, 3.8) is 0 Å². The third-order valence-corrected chi connectivity index (χ3v) is 4.02. The molecule has 19 heavy (non-hydrogen) atoms. The number of aromatic nitrogens is 3. The summed E-state index contributed by atoms with van der Waals surface area (Å²) in [6.07, 6.45) is 3.35. The Bertz CT molecular complexity index is 775. The topological polar surface area (TPSA) is 54.3 Å². The predicted octanol–water partition coefficient (Wildman–Crippen LogP) is 2.85. The maximum atomic E-state index is 4.56. The molecule has 0 amide bonds. The molecule has 6 heteroatoms. The van der Waals surface area contributed by atoms with Crippen LogP contribution in [-0.2, 0) is 0 Å². The van der Waals surface area contributed by atoms with Gasteiger partial charge in [-0.1, -0.05) is 0 Å². The van der Waals surface area contributed by atoms with E-state index in [1.165, 1.54) is 0 Å². The molecule has 3 aromatic heterocycles. The number of rotatable bonds is 1. The molecule has 0 N–H and O–H groups in total. The van der Waals surface area contributed by atoms with Crippen LogP contribution in [-0.4, -0.2) is 39.8 Å². The van der Waals surface area contributed by atoms with E-state index in [2.05, 4.69) is 19.9 Å². The van der Waals surface area contributed by atoms with E-state index in [1.807, 2.05) is 38.1 Å². The Kier molecular flexibility index (Phi) is 2.87. The van der Waals surface area contributed by atoms with Gasteiger partial charge in [0.25, 0.3) is 0 Å². The highest BCUT2D eigenvalue weighted by Gasteiger charge is 2.11. The standard InChI is InChI=1S/C13H13N5S/c1-8(18(2)3)17-12-11-10(15-7-16-12)9-5-4-6-14-13(9)19-11/h4-7H,1-3H3. The second-order valence-electron chi connectivity index (χ2n) is 4.39. The summed E-state index contributed by atoms with van der Waals surface area (Å²) in [7, 11) is 3.92. The third-order valence-electron chi connectivity index (χ3n) is 2.92. The normalized spacial score (nSPS) is 12.3. The van der Waals surface area contributed by atoms with E-state index in [0.717, 1.165) is 26.3 Å². The van der Waals surface area contributed by atoms with Gasteiger partial charge in [-0.15, -0.1) is 11.3 Å². The van der Waals surface area contributed by atoms with Crippen molar-refractivity contribution in [3.8, 4) is 0 Å². The van der Waals surface area contributed by atoms with E-state index in [9.17, 15) is 0 Å². The quantitative estimate of drug-likeness (QED) is 0.504. The fourth-order valence-corrected chi connectivity index (χ4v) is 2.76. The SMILES string of the molecule is CC(=Nc1ncnc2c1sc1ncccc12)N(C)C. The molecule has 0 unspecified atom stereocenters. The number of amidine groups is 1. The van der Waals surface area contributed by atoms with Crippen LogP contribution in [0.1, 0.15) is 6.92 Å². The summed E-state index contributed by atoms with van der Waals surface area (Å²) in [5, 5.41) is 1.06. The Balaban J connectivity index is 2.29. The summed E-state index contributed by atoms with van der Waals surface area (Å²) in [6, 6.07) is 3.95. The molecule has 3 rings (SSSR count). The van der Waals surface area contributed by atoms with Crippen molar-refractivity contribution in [2.24, 2.45) is 4.99 Å². The van der Waals surface area contributed by atoms with Crippen LogP contribution in [0.5, 0.6) is 0 Å². The summed E-state index contributed by atoms with van der Waals surface area (Å²) >= 11 is 1.58. The number of hydrogen-bond donors (Lipinski definition) is 0. The van der Waals surface area contributed by atoms with Crippen LogP contribution in [0.25, 0.3) is 20.4 Å². The van der Waals surface area contributed by atoms with E-state index >= 15 is 0 Å². The Morgan fingerprint density at radius 2 is 2.11 bits per heavy atom. The number of pyridine rings is 1. The Morgan fingerprint density at radius 1 is 1.26 bits per heavy atom. The minimum Gasteiger partial charge on any atom is -0.366 e. The zero-order valence-electron chi connectivity index (χ0n) is 11.0. The lowest BCUT2D eigenvalue weighted by Gasteiger charge is -2.10. The van der Waals surface area contributed by atoms with Crippen molar-refractivity contribution in [1.82, 2.24) is 19.9 Å². The molecule has 0 atom stereocenters. The van der Waals surface area contributed by atoms with E-state index in [-0.39, 0.29) is 0 Å². The molecule has 3 aromatic rings. The van der Waals surface area contributed by atoms with Gasteiger partial charge in [0.2, 0.25) is 0 Å². The Hall–Kier alpha value is -2.08. The molecule has 0 bridgehead atoms. The summed E-state index contributed by atoms with van der Waals surface area (Å²) < 4.78 is 0.984. The lowest BCUT2D eigenvalue weighted by Crippen LogP contribution is -2.17. The van der Waals surface area contributed by atoms with Gasteiger partial charge in [0.1, 0.15) is 21.7 Å². The molecule has 0 aliphatic rings. The van der Waals surface area contributed by atoms with E-state index in [4.69, 9.17) is 0 Å². The zero-order valence-corrected chi connectivity index (χ0v) is 11.8. The van der Waals surface area contributed by atoms with Gasteiger partial charge < -0.3 is 4.90 Å². The molecule has 0 fully saturated rings. The van der Waals surface area contributed by atoms with Crippen LogP contribution in [0, 0.1) is 0 Å². The van der Waals surface area contributed by atoms with E-state index < -0.39 is 0 Å². The minimum atomic E-state index is 0.708. The average Bonchev–Trinajstić information content (AvgIpc) is 2.78. The van der Waals surface area contributed by atoms with Crippen LogP contribution in [0.15, 0.2) is 29.6 Å². The first kappa shape index (κ1) is 12.0. The number of nitrogens with zero attached hydrogens (tertiary/aromatic N) is 5. The summed E-state index contributed by atoms with van der Waals surface area (Å²) in [5.74, 6) is 1.62. The van der Waals surface area contributed by atoms with Gasteiger partial charge in [-0.05, 0) is 19.1 Å². The second-order valence-corrected chi connectivity index (χ2v) is 5.39. The summed E-state index contributed by atoms with van der Waals surface area (Å²) in [6.45, 7) is 1.96. The summed E-state index contributed by atoms with van der Waals surface area (Å²) in [5.41, 5.74) is 0.924. The second kappa shape index (κ2) is 4.55. The van der Waals surface area contributed by atoms with Gasteiger partial charge in [0, 0.05) is 25.7 Å². The first-order valence-corrected chi connectivity index (χ1v) is 6.69. The molecule has 0 aromatic carbocycles. The largest absolute Gasteiger partial charge is 0.366 e. The molecule has 3 heterocycles. The molecule has 5 nitrogen and oxygen atoms in total. The Labute approximate surface area is 114 Å². The molecule has 0 aliphatic carbocycles. The molecule has 0 saturated heterocycles. The fourth-order valence-electron chi connectivity index (χ4n) is 1.73. The molecule has 0 aliphatic heterocycles. The minimum absolute atomic E-state index is 0.708. The molecular formula is C13H13N5S. The smallest absolute Gasteiger partial charge is 0.175 e. The van der Waals surface area contributed by atoms with Gasteiger partial charge in [-0.3, -0.25) is 0 Å². The van der Waals surface area contributed by atoms with Crippen molar-refractivity contribution in [2.45, 2.75) is 6.92 Å². The monoisotopic (exact) mass is 271 g/mol. The lowest BCUT2D eigenvalue weighted by atomic mass is 10.3. The summed E-state index contributed by atoms with van der Waals surface area (Å²) in [4.78, 5) is 20.5. The van der Waals surface area contributed by atoms with Gasteiger partial charge in [0.15, 0.2) is 5.82 Å². The first-order valence-electron chi connectivity index (χ1n) is 5.87.